The Hall–Kier alpha value is -0.610. The van der Waals surface area contributed by atoms with Gasteiger partial charge in [-0.1, -0.05) is 0 Å². The van der Waals surface area contributed by atoms with E-state index in [1.54, 1.807) is 0 Å². The fourth-order valence-electron chi connectivity index (χ4n) is 2.87. The van der Waals surface area contributed by atoms with Gasteiger partial charge in [-0.3, -0.25) is 4.79 Å². The molecule has 0 unspecified atom stereocenters. The van der Waals surface area contributed by atoms with Crippen molar-refractivity contribution in [2.45, 2.75) is 25.7 Å². The lowest BCUT2D eigenvalue weighted by molar-refractivity contribution is -0.181. The average Bonchev–Trinajstić information content (AvgIpc) is 2.14. The van der Waals surface area contributed by atoms with Crippen LogP contribution in [-0.4, -0.2) is 36.0 Å². The quantitative estimate of drug-likeness (QED) is 0.686. The summed E-state index contributed by atoms with van der Waals surface area (Å²) in [4.78, 5) is 11.0. The van der Waals surface area contributed by atoms with Gasteiger partial charge in [0.15, 0.2) is 0 Å². The number of hydrogen-bond acceptors (Lipinski definition) is 3. The first-order chi connectivity index (χ1) is 6.63. The third kappa shape index (κ3) is 1.33. The summed E-state index contributed by atoms with van der Waals surface area (Å²) in [5, 5.41) is 18.1. The molecule has 1 spiro atoms. The van der Waals surface area contributed by atoms with Crippen molar-refractivity contribution in [2.75, 3.05) is 19.8 Å². The Morgan fingerprint density at radius 3 is 2.29 bits per heavy atom. The summed E-state index contributed by atoms with van der Waals surface area (Å²) < 4.78 is 5.25. The van der Waals surface area contributed by atoms with Crippen LogP contribution < -0.4 is 0 Å². The zero-order chi connectivity index (χ0) is 10.2. The second-order valence-corrected chi connectivity index (χ2v) is 4.71. The zero-order valence-corrected chi connectivity index (χ0v) is 8.16. The first-order valence-corrected chi connectivity index (χ1v) is 5.05. The molecule has 0 aromatic rings. The van der Waals surface area contributed by atoms with Crippen molar-refractivity contribution in [2.24, 2.45) is 10.8 Å². The van der Waals surface area contributed by atoms with Gasteiger partial charge in [0.2, 0.25) is 0 Å². The molecule has 0 atom stereocenters. The van der Waals surface area contributed by atoms with Gasteiger partial charge in [-0.05, 0) is 31.1 Å². The van der Waals surface area contributed by atoms with Gasteiger partial charge in [0.1, 0.15) is 0 Å². The lowest BCUT2D eigenvalue weighted by atomic mass is 9.50. The van der Waals surface area contributed by atoms with E-state index in [2.05, 4.69) is 0 Å². The summed E-state index contributed by atoms with van der Waals surface area (Å²) >= 11 is 0. The van der Waals surface area contributed by atoms with Gasteiger partial charge in [0.05, 0.1) is 12.0 Å². The topological polar surface area (TPSA) is 66.8 Å². The Kier molecular flexibility index (Phi) is 2.27. The molecule has 1 heterocycles. The van der Waals surface area contributed by atoms with E-state index in [1.165, 1.54) is 0 Å². The second-order valence-electron chi connectivity index (χ2n) is 4.71. The summed E-state index contributed by atoms with van der Waals surface area (Å²) in [5.41, 5.74) is -0.698. The maximum absolute atomic E-state index is 11.0. The Labute approximate surface area is 82.9 Å². The standard InChI is InChI=1S/C10H16O4/c11-7-10(8(12)13)5-9(6-10)1-3-14-4-2-9/h11H,1-7H2,(H,12,13). The van der Waals surface area contributed by atoms with Crippen LogP contribution in [0.15, 0.2) is 0 Å². The largest absolute Gasteiger partial charge is 0.481 e. The van der Waals surface area contributed by atoms with Crippen molar-refractivity contribution in [1.82, 2.24) is 0 Å². The van der Waals surface area contributed by atoms with E-state index in [4.69, 9.17) is 14.9 Å². The second kappa shape index (κ2) is 3.21. The van der Waals surface area contributed by atoms with E-state index < -0.39 is 11.4 Å². The third-order valence-electron chi connectivity index (χ3n) is 3.74. The Bertz CT molecular complexity index is 235. The summed E-state index contributed by atoms with van der Waals surface area (Å²) in [7, 11) is 0. The number of aliphatic hydroxyl groups is 1. The lowest BCUT2D eigenvalue weighted by Crippen LogP contribution is -2.55. The number of carboxylic acid groups (broad SMARTS) is 1. The highest BCUT2D eigenvalue weighted by Gasteiger charge is 2.58. The van der Waals surface area contributed by atoms with Gasteiger partial charge in [-0.15, -0.1) is 0 Å². The van der Waals surface area contributed by atoms with Crippen molar-refractivity contribution < 1.29 is 19.7 Å². The first kappa shape index (κ1) is 9.93. The van der Waals surface area contributed by atoms with E-state index in [-0.39, 0.29) is 12.0 Å². The number of carboxylic acids is 1. The van der Waals surface area contributed by atoms with E-state index in [1.807, 2.05) is 0 Å². The van der Waals surface area contributed by atoms with Gasteiger partial charge in [0, 0.05) is 13.2 Å². The molecule has 80 valence electrons. The fraction of sp³-hybridized carbons (Fsp3) is 0.900. The molecule has 0 bridgehead atoms. The van der Waals surface area contributed by atoms with Crippen molar-refractivity contribution in [3.8, 4) is 0 Å². The van der Waals surface area contributed by atoms with Gasteiger partial charge in [-0.2, -0.15) is 0 Å². The minimum atomic E-state index is -0.850. The van der Waals surface area contributed by atoms with Gasteiger partial charge in [-0.25, -0.2) is 0 Å². The van der Waals surface area contributed by atoms with Gasteiger partial charge >= 0.3 is 5.97 Å². The van der Waals surface area contributed by atoms with E-state index in [9.17, 15) is 4.79 Å². The van der Waals surface area contributed by atoms with Crippen LogP contribution in [-0.2, 0) is 9.53 Å². The molecule has 14 heavy (non-hydrogen) atoms. The lowest BCUT2D eigenvalue weighted by Gasteiger charge is -2.55. The van der Waals surface area contributed by atoms with Crippen LogP contribution >= 0.6 is 0 Å². The number of ether oxygens (including phenoxy) is 1. The smallest absolute Gasteiger partial charge is 0.312 e. The summed E-state index contributed by atoms with van der Waals surface area (Å²) in [6, 6.07) is 0. The normalized spacial score (nSPS) is 28.4. The minimum absolute atomic E-state index is 0.152. The molecule has 2 fully saturated rings. The van der Waals surface area contributed by atoms with Crippen molar-refractivity contribution in [3.05, 3.63) is 0 Å². The summed E-state index contributed by atoms with van der Waals surface area (Å²) in [6.07, 6.45) is 3.13. The predicted molar refractivity (Wildman–Crippen MR) is 48.9 cm³/mol. The van der Waals surface area contributed by atoms with Crippen LogP contribution in [0.2, 0.25) is 0 Å². The molecule has 4 heteroatoms. The number of aliphatic hydroxyl groups excluding tert-OH is 1. The zero-order valence-electron chi connectivity index (χ0n) is 8.16. The molecule has 2 N–H and O–H groups in total. The molecule has 0 aromatic heterocycles. The molecule has 0 amide bonds. The molecule has 0 radical (unpaired) electrons. The summed E-state index contributed by atoms with van der Waals surface area (Å²) in [5.74, 6) is -0.850. The first-order valence-electron chi connectivity index (χ1n) is 5.05. The van der Waals surface area contributed by atoms with E-state index in [0.29, 0.717) is 12.8 Å². The highest BCUT2D eigenvalue weighted by molar-refractivity contribution is 5.76. The Morgan fingerprint density at radius 2 is 1.86 bits per heavy atom. The van der Waals surface area contributed by atoms with Crippen molar-refractivity contribution in [1.29, 1.82) is 0 Å². The Balaban J connectivity index is 2.01. The number of aliphatic carboxylic acids is 1. The fourth-order valence-corrected chi connectivity index (χ4v) is 2.87. The maximum atomic E-state index is 11.0. The van der Waals surface area contributed by atoms with Gasteiger partial charge in [0.25, 0.3) is 0 Å². The number of hydrogen-bond donors (Lipinski definition) is 2. The van der Waals surface area contributed by atoms with Crippen molar-refractivity contribution >= 4 is 5.97 Å². The van der Waals surface area contributed by atoms with Gasteiger partial charge < -0.3 is 14.9 Å². The summed E-state index contributed by atoms with van der Waals surface area (Å²) in [6.45, 7) is 1.24. The average molecular weight is 200 g/mol. The van der Waals surface area contributed by atoms with Crippen LogP contribution in [0, 0.1) is 10.8 Å². The van der Waals surface area contributed by atoms with Crippen LogP contribution in [0.25, 0.3) is 0 Å². The highest BCUT2D eigenvalue weighted by atomic mass is 16.5. The molecule has 4 nitrogen and oxygen atoms in total. The Morgan fingerprint density at radius 1 is 1.29 bits per heavy atom. The third-order valence-corrected chi connectivity index (χ3v) is 3.74. The molecule has 1 aliphatic heterocycles. The SMILES string of the molecule is O=C(O)C1(CO)CC2(CCOCC2)C1. The van der Waals surface area contributed by atoms with Crippen molar-refractivity contribution in [3.63, 3.8) is 0 Å². The monoisotopic (exact) mass is 200 g/mol. The number of carbonyl (C=O) groups is 1. The molecule has 1 saturated heterocycles. The molecular formula is C10H16O4. The molecular weight excluding hydrogens is 184 g/mol. The molecule has 1 aliphatic carbocycles. The molecule has 2 aliphatic rings. The maximum Gasteiger partial charge on any atom is 0.312 e. The van der Waals surface area contributed by atoms with E-state index >= 15 is 0 Å². The minimum Gasteiger partial charge on any atom is -0.481 e. The van der Waals surface area contributed by atoms with Crippen LogP contribution in [0.1, 0.15) is 25.7 Å². The van der Waals surface area contributed by atoms with Crippen LogP contribution in [0.5, 0.6) is 0 Å². The van der Waals surface area contributed by atoms with E-state index in [0.717, 1.165) is 26.1 Å². The molecule has 0 aromatic carbocycles. The molecule has 1 saturated carbocycles. The van der Waals surface area contributed by atoms with Crippen LogP contribution in [0.3, 0.4) is 0 Å². The van der Waals surface area contributed by atoms with Crippen LogP contribution in [0.4, 0.5) is 0 Å². The highest BCUT2D eigenvalue weighted by Crippen LogP contribution is 2.59. The molecule has 2 rings (SSSR count). The number of rotatable bonds is 2. The predicted octanol–water partition coefficient (Wildman–Crippen LogP) is 0.640.